The van der Waals surface area contributed by atoms with E-state index in [0.29, 0.717) is 34.0 Å². The Hall–Kier alpha value is -4.71. The highest BCUT2D eigenvalue weighted by atomic mass is 16.5. The number of aromatic nitrogens is 3. The average Bonchev–Trinajstić information content (AvgIpc) is 2.90. The van der Waals surface area contributed by atoms with Crippen LogP contribution >= 0.6 is 0 Å². The predicted octanol–water partition coefficient (Wildman–Crippen LogP) is 5.40. The lowest BCUT2D eigenvalue weighted by Crippen LogP contribution is -2.22. The van der Waals surface area contributed by atoms with Crippen LogP contribution in [0.5, 0.6) is 11.6 Å². The molecule has 2 heterocycles. The summed E-state index contributed by atoms with van der Waals surface area (Å²) in [6, 6.07) is 15.7. The van der Waals surface area contributed by atoms with Crippen molar-refractivity contribution in [3.05, 3.63) is 82.3 Å². The molecule has 2 N–H and O–H groups in total. The number of nitrogens with one attached hydrogen (secondary N) is 1. The number of carboxylic acids is 1. The number of hydrogen-bond acceptors (Lipinski definition) is 7. The number of rotatable bonds is 6. The second kappa shape index (κ2) is 9.88. The molecule has 1 aliphatic carbocycles. The number of benzene rings is 2. The van der Waals surface area contributed by atoms with Gasteiger partial charge in [0.1, 0.15) is 11.3 Å². The van der Waals surface area contributed by atoms with Crippen LogP contribution in [0.4, 0.5) is 11.6 Å². The van der Waals surface area contributed by atoms with Crippen molar-refractivity contribution < 1.29 is 14.6 Å². The fraction of sp³-hybridized carbons (Fsp3) is 0.222. The van der Waals surface area contributed by atoms with Gasteiger partial charge in [-0.2, -0.15) is 10.2 Å². The standard InChI is InChI=1S/C27H23N5O4/c28-15-17-6-8-18(9-7-17)30-27-29-13-12-24(31-27)36-20-10-11-21-23(14-20)32(19-4-2-1-3-5-19)16-22(25(21)33)26(34)35/h6-14,16,19H,1-5H2,(H,34,35)(H,29,30,31). The molecular weight excluding hydrogens is 458 g/mol. The predicted molar refractivity (Wildman–Crippen MR) is 134 cm³/mol. The molecule has 0 amide bonds. The molecule has 1 saturated carbocycles. The van der Waals surface area contributed by atoms with Crippen molar-refractivity contribution in [1.82, 2.24) is 14.5 Å². The number of ether oxygens (including phenoxy) is 1. The second-order valence-corrected chi connectivity index (χ2v) is 8.69. The molecule has 2 aromatic heterocycles. The summed E-state index contributed by atoms with van der Waals surface area (Å²) < 4.78 is 7.92. The number of carboxylic acid groups (broad SMARTS) is 1. The third-order valence-corrected chi connectivity index (χ3v) is 6.33. The van der Waals surface area contributed by atoms with Gasteiger partial charge in [-0.15, -0.1) is 0 Å². The third-order valence-electron chi connectivity index (χ3n) is 6.33. The van der Waals surface area contributed by atoms with Crippen molar-refractivity contribution in [3.8, 4) is 17.7 Å². The molecular formula is C27H23N5O4. The van der Waals surface area contributed by atoms with E-state index in [0.717, 1.165) is 37.8 Å². The van der Waals surface area contributed by atoms with Crippen LogP contribution in [0.15, 0.2) is 65.7 Å². The molecule has 0 saturated heterocycles. The van der Waals surface area contributed by atoms with Crippen molar-refractivity contribution in [2.24, 2.45) is 0 Å². The minimum absolute atomic E-state index is 0.123. The van der Waals surface area contributed by atoms with Gasteiger partial charge < -0.3 is 19.7 Å². The van der Waals surface area contributed by atoms with Gasteiger partial charge in [-0.3, -0.25) is 4.79 Å². The maximum Gasteiger partial charge on any atom is 0.341 e. The molecule has 1 aliphatic rings. The number of carbonyl (C=O) groups is 1. The summed E-state index contributed by atoms with van der Waals surface area (Å²) in [5.41, 5.74) is 1.18. The largest absolute Gasteiger partial charge is 0.477 e. The Labute approximate surface area is 206 Å². The summed E-state index contributed by atoms with van der Waals surface area (Å²) in [5, 5.41) is 22.0. The molecule has 0 radical (unpaired) electrons. The van der Waals surface area contributed by atoms with E-state index in [4.69, 9.17) is 10.00 Å². The van der Waals surface area contributed by atoms with Gasteiger partial charge in [-0.25, -0.2) is 9.78 Å². The summed E-state index contributed by atoms with van der Waals surface area (Å²) in [6.45, 7) is 0. The zero-order chi connectivity index (χ0) is 25.1. The Kier molecular flexibility index (Phi) is 6.33. The molecule has 5 rings (SSSR count). The second-order valence-electron chi connectivity index (χ2n) is 8.69. The highest BCUT2D eigenvalue weighted by Crippen LogP contribution is 2.32. The first-order chi connectivity index (χ1) is 17.5. The Bertz CT molecular complexity index is 1530. The average molecular weight is 482 g/mol. The van der Waals surface area contributed by atoms with Crippen LogP contribution in [0.1, 0.15) is 54.1 Å². The SMILES string of the molecule is N#Cc1ccc(Nc2nccc(Oc3ccc4c(=O)c(C(=O)O)cn(C5CCCCC5)c4c3)n2)cc1. The Morgan fingerprint density at radius 1 is 1.11 bits per heavy atom. The maximum absolute atomic E-state index is 12.9. The van der Waals surface area contributed by atoms with Gasteiger partial charge in [0, 0.05) is 41.6 Å². The lowest BCUT2D eigenvalue weighted by Gasteiger charge is -2.26. The van der Waals surface area contributed by atoms with Crippen LogP contribution in [0, 0.1) is 11.3 Å². The van der Waals surface area contributed by atoms with E-state index in [1.807, 2.05) is 4.57 Å². The Morgan fingerprint density at radius 2 is 1.89 bits per heavy atom. The number of nitrogens with zero attached hydrogens (tertiary/aromatic N) is 4. The summed E-state index contributed by atoms with van der Waals surface area (Å²) in [7, 11) is 0. The number of fused-ring (bicyclic) bond motifs is 1. The van der Waals surface area contributed by atoms with E-state index >= 15 is 0 Å². The summed E-state index contributed by atoms with van der Waals surface area (Å²) in [4.78, 5) is 33.2. The molecule has 0 bridgehead atoms. The zero-order valence-corrected chi connectivity index (χ0v) is 19.3. The van der Waals surface area contributed by atoms with E-state index in [1.165, 1.54) is 6.20 Å². The van der Waals surface area contributed by atoms with E-state index in [9.17, 15) is 14.7 Å². The lowest BCUT2D eigenvalue weighted by atomic mass is 9.94. The monoisotopic (exact) mass is 481 g/mol. The smallest absolute Gasteiger partial charge is 0.341 e. The van der Waals surface area contributed by atoms with Crippen LogP contribution < -0.4 is 15.5 Å². The van der Waals surface area contributed by atoms with Crippen LogP contribution in [-0.2, 0) is 0 Å². The molecule has 0 spiro atoms. The number of aromatic carboxylic acids is 1. The number of hydrogen-bond donors (Lipinski definition) is 2. The normalized spacial score (nSPS) is 13.8. The Balaban J connectivity index is 1.47. The van der Waals surface area contributed by atoms with Gasteiger partial charge in [0.25, 0.3) is 0 Å². The summed E-state index contributed by atoms with van der Waals surface area (Å²) in [5.74, 6) is -0.134. The fourth-order valence-corrected chi connectivity index (χ4v) is 4.54. The van der Waals surface area contributed by atoms with Crippen molar-refractivity contribution in [2.75, 3.05) is 5.32 Å². The first-order valence-corrected chi connectivity index (χ1v) is 11.7. The first kappa shape index (κ1) is 23.1. The van der Waals surface area contributed by atoms with Crippen molar-refractivity contribution in [2.45, 2.75) is 38.1 Å². The quantitative estimate of drug-likeness (QED) is 0.374. The van der Waals surface area contributed by atoms with E-state index in [2.05, 4.69) is 21.4 Å². The highest BCUT2D eigenvalue weighted by Gasteiger charge is 2.21. The number of pyridine rings is 1. The van der Waals surface area contributed by atoms with Gasteiger partial charge in [-0.1, -0.05) is 19.3 Å². The van der Waals surface area contributed by atoms with Crippen LogP contribution in [0.3, 0.4) is 0 Å². The van der Waals surface area contributed by atoms with Crippen LogP contribution in [-0.4, -0.2) is 25.6 Å². The third kappa shape index (κ3) is 4.74. The van der Waals surface area contributed by atoms with Gasteiger partial charge in [0.05, 0.1) is 17.1 Å². The number of nitriles is 1. The molecule has 180 valence electrons. The van der Waals surface area contributed by atoms with Crippen molar-refractivity contribution in [3.63, 3.8) is 0 Å². The first-order valence-electron chi connectivity index (χ1n) is 11.7. The maximum atomic E-state index is 12.9. The molecule has 1 fully saturated rings. The van der Waals surface area contributed by atoms with Gasteiger partial charge in [0.2, 0.25) is 17.3 Å². The molecule has 0 aliphatic heterocycles. The minimum atomic E-state index is -1.23. The topological polar surface area (TPSA) is 130 Å². The highest BCUT2D eigenvalue weighted by molar-refractivity contribution is 5.93. The molecule has 0 atom stereocenters. The summed E-state index contributed by atoms with van der Waals surface area (Å²) >= 11 is 0. The van der Waals surface area contributed by atoms with Crippen LogP contribution in [0.25, 0.3) is 10.9 Å². The molecule has 4 aromatic rings. The zero-order valence-electron chi connectivity index (χ0n) is 19.3. The molecule has 9 nitrogen and oxygen atoms in total. The Morgan fingerprint density at radius 3 is 2.61 bits per heavy atom. The van der Waals surface area contributed by atoms with Crippen molar-refractivity contribution in [1.29, 1.82) is 5.26 Å². The van der Waals surface area contributed by atoms with Gasteiger partial charge in [0.15, 0.2) is 0 Å². The molecule has 9 heteroatoms. The molecule has 2 aromatic carbocycles. The van der Waals surface area contributed by atoms with E-state index in [-0.39, 0.29) is 11.6 Å². The summed E-state index contributed by atoms with van der Waals surface area (Å²) in [6.07, 6.45) is 8.17. The fourth-order valence-electron chi connectivity index (χ4n) is 4.54. The van der Waals surface area contributed by atoms with E-state index in [1.54, 1.807) is 54.7 Å². The molecule has 0 unspecified atom stereocenters. The van der Waals surface area contributed by atoms with Crippen molar-refractivity contribution >= 4 is 28.5 Å². The van der Waals surface area contributed by atoms with Crippen LogP contribution in [0.2, 0.25) is 0 Å². The number of anilines is 2. The lowest BCUT2D eigenvalue weighted by molar-refractivity contribution is 0.0694. The minimum Gasteiger partial charge on any atom is -0.477 e. The van der Waals surface area contributed by atoms with Gasteiger partial charge in [-0.05, 0) is 49.2 Å². The van der Waals surface area contributed by atoms with Gasteiger partial charge >= 0.3 is 5.97 Å². The van der Waals surface area contributed by atoms with E-state index < -0.39 is 11.4 Å². The molecule has 36 heavy (non-hydrogen) atoms.